The largest absolute Gasteiger partial charge is 0.380 e. The molecule has 0 fully saturated rings. The molecule has 4 heteroatoms. The molecule has 0 bridgehead atoms. The number of carbonyl (C=O) groups is 1. The second-order valence-corrected chi connectivity index (χ2v) is 5.46. The van der Waals surface area contributed by atoms with Gasteiger partial charge in [0.05, 0.1) is 11.4 Å². The molecule has 0 radical (unpaired) electrons. The van der Waals surface area contributed by atoms with Crippen molar-refractivity contribution in [3.05, 3.63) is 11.6 Å². The van der Waals surface area contributed by atoms with Crippen LogP contribution >= 0.6 is 15.9 Å². The molecular formula is C12H20BrNO2. The Morgan fingerprint density at radius 1 is 1.62 bits per heavy atom. The third kappa shape index (κ3) is 3.59. The van der Waals surface area contributed by atoms with E-state index in [1.54, 1.807) is 7.11 Å². The Kier molecular flexibility index (Phi) is 5.49. The molecule has 1 unspecified atom stereocenters. The first-order chi connectivity index (χ1) is 7.56. The molecule has 1 atom stereocenters. The molecule has 0 aliphatic carbocycles. The van der Waals surface area contributed by atoms with Crippen LogP contribution in [0.1, 0.15) is 20.3 Å². The highest BCUT2D eigenvalue weighted by atomic mass is 79.9. The van der Waals surface area contributed by atoms with Gasteiger partial charge in [-0.05, 0) is 17.9 Å². The fraction of sp³-hybridized carbons (Fsp3) is 0.750. The van der Waals surface area contributed by atoms with E-state index in [4.69, 9.17) is 4.74 Å². The maximum atomic E-state index is 12.0. The molecule has 1 aliphatic rings. The zero-order chi connectivity index (χ0) is 12.1. The Balaban J connectivity index is 2.50. The van der Waals surface area contributed by atoms with E-state index in [0.717, 1.165) is 13.0 Å². The molecule has 16 heavy (non-hydrogen) atoms. The van der Waals surface area contributed by atoms with Gasteiger partial charge >= 0.3 is 0 Å². The smallest absolute Gasteiger partial charge is 0.236 e. The van der Waals surface area contributed by atoms with E-state index in [2.05, 4.69) is 22.0 Å². The second kappa shape index (κ2) is 6.40. The number of hydrogen-bond donors (Lipinski definition) is 0. The van der Waals surface area contributed by atoms with Crippen LogP contribution in [-0.4, -0.2) is 42.4 Å². The minimum absolute atomic E-state index is 0.0649. The highest BCUT2D eigenvalue weighted by molar-refractivity contribution is 9.10. The van der Waals surface area contributed by atoms with E-state index >= 15 is 0 Å². The lowest BCUT2D eigenvalue weighted by Crippen LogP contribution is -2.41. The Hall–Kier alpha value is -0.350. The quantitative estimate of drug-likeness (QED) is 0.587. The van der Waals surface area contributed by atoms with Crippen LogP contribution in [0.25, 0.3) is 0 Å². The number of rotatable bonds is 4. The lowest BCUT2D eigenvalue weighted by atomic mass is 10.1. The first-order valence-electron chi connectivity index (χ1n) is 5.66. The van der Waals surface area contributed by atoms with Crippen molar-refractivity contribution in [2.75, 3.05) is 26.8 Å². The summed E-state index contributed by atoms with van der Waals surface area (Å²) in [5.74, 6) is 0.527. The van der Waals surface area contributed by atoms with Gasteiger partial charge in [-0.1, -0.05) is 35.9 Å². The van der Waals surface area contributed by atoms with E-state index in [9.17, 15) is 4.79 Å². The van der Waals surface area contributed by atoms with Gasteiger partial charge in [-0.25, -0.2) is 0 Å². The number of nitrogens with zero attached hydrogens (tertiary/aromatic N) is 1. The lowest BCUT2D eigenvalue weighted by Gasteiger charge is -2.29. The van der Waals surface area contributed by atoms with E-state index in [1.165, 1.54) is 5.57 Å². The fourth-order valence-corrected chi connectivity index (χ4v) is 1.98. The van der Waals surface area contributed by atoms with E-state index in [1.807, 2.05) is 18.7 Å². The number of halogens is 1. The zero-order valence-electron chi connectivity index (χ0n) is 10.2. The topological polar surface area (TPSA) is 29.5 Å². The van der Waals surface area contributed by atoms with Gasteiger partial charge in [0.25, 0.3) is 0 Å². The summed E-state index contributed by atoms with van der Waals surface area (Å²) in [4.78, 5) is 13.9. The molecule has 0 saturated carbocycles. The monoisotopic (exact) mass is 289 g/mol. The molecule has 0 spiro atoms. The van der Waals surface area contributed by atoms with Crippen molar-refractivity contribution in [1.29, 1.82) is 0 Å². The van der Waals surface area contributed by atoms with E-state index < -0.39 is 0 Å². The molecule has 1 amide bonds. The molecule has 0 aromatic heterocycles. The minimum atomic E-state index is -0.0649. The highest BCUT2D eigenvalue weighted by Gasteiger charge is 2.25. The zero-order valence-corrected chi connectivity index (χ0v) is 11.8. The molecule has 0 saturated heterocycles. The van der Waals surface area contributed by atoms with Crippen LogP contribution in [0, 0.1) is 5.92 Å². The number of carbonyl (C=O) groups excluding carboxylic acids is 1. The summed E-state index contributed by atoms with van der Waals surface area (Å²) >= 11 is 3.45. The fourth-order valence-electron chi connectivity index (χ4n) is 1.69. The maximum Gasteiger partial charge on any atom is 0.236 e. The van der Waals surface area contributed by atoms with Gasteiger partial charge < -0.3 is 9.64 Å². The first kappa shape index (κ1) is 13.7. The molecule has 1 rings (SSSR count). The molecular weight excluding hydrogens is 270 g/mol. The summed E-state index contributed by atoms with van der Waals surface area (Å²) in [5, 5.41) is 0. The number of methoxy groups -OCH3 is 1. The van der Waals surface area contributed by atoms with Gasteiger partial charge in [-0.15, -0.1) is 0 Å². The SMILES string of the molecule is COCC1=CCN(C(=O)C(Br)C(C)C)CC1. The van der Waals surface area contributed by atoms with Crippen LogP contribution in [0.15, 0.2) is 11.6 Å². The number of amides is 1. The number of hydrogen-bond acceptors (Lipinski definition) is 2. The molecule has 1 heterocycles. The summed E-state index contributed by atoms with van der Waals surface area (Å²) in [5.41, 5.74) is 1.29. The second-order valence-electron chi connectivity index (χ2n) is 4.48. The van der Waals surface area contributed by atoms with Gasteiger partial charge in [0.1, 0.15) is 0 Å². The first-order valence-corrected chi connectivity index (χ1v) is 6.57. The van der Waals surface area contributed by atoms with Gasteiger partial charge in [-0.2, -0.15) is 0 Å². The minimum Gasteiger partial charge on any atom is -0.380 e. The van der Waals surface area contributed by atoms with E-state index in [-0.39, 0.29) is 10.7 Å². The Morgan fingerprint density at radius 3 is 2.75 bits per heavy atom. The van der Waals surface area contributed by atoms with Crippen molar-refractivity contribution in [2.45, 2.75) is 25.1 Å². The van der Waals surface area contributed by atoms with Crippen LogP contribution in [-0.2, 0) is 9.53 Å². The summed E-state index contributed by atoms with van der Waals surface area (Å²) in [6.45, 7) is 6.31. The summed E-state index contributed by atoms with van der Waals surface area (Å²) in [7, 11) is 1.70. The van der Waals surface area contributed by atoms with Crippen molar-refractivity contribution < 1.29 is 9.53 Å². The highest BCUT2D eigenvalue weighted by Crippen LogP contribution is 2.18. The van der Waals surface area contributed by atoms with Crippen molar-refractivity contribution in [3.8, 4) is 0 Å². The molecule has 3 nitrogen and oxygen atoms in total. The molecule has 92 valence electrons. The summed E-state index contributed by atoms with van der Waals surface area (Å²) < 4.78 is 5.08. The average molecular weight is 290 g/mol. The summed E-state index contributed by atoms with van der Waals surface area (Å²) in [6, 6.07) is 0. The predicted molar refractivity (Wildman–Crippen MR) is 68.7 cm³/mol. The van der Waals surface area contributed by atoms with Crippen LogP contribution in [0.5, 0.6) is 0 Å². The third-order valence-corrected chi connectivity index (χ3v) is 4.21. The average Bonchev–Trinajstić information content (AvgIpc) is 2.28. The third-order valence-electron chi connectivity index (χ3n) is 2.77. The Morgan fingerprint density at radius 2 is 2.31 bits per heavy atom. The molecule has 1 aliphatic heterocycles. The molecule has 0 aromatic rings. The lowest BCUT2D eigenvalue weighted by molar-refractivity contribution is -0.130. The Bertz CT molecular complexity index is 276. The number of ether oxygens (including phenoxy) is 1. The Labute approximate surface area is 106 Å². The van der Waals surface area contributed by atoms with Crippen molar-refractivity contribution in [1.82, 2.24) is 4.90 Å². The van der Waals surface area contributed by atoms with Gasteiger partial charge in [-0.3, -0.25) is 4.79 Å². The summed E-state index contributed by atoms with van der Waals surface area (Å²) in [6.07, 6.45) is 3.03. The van der Waals surface area contributed by atoms with Gasteiger partial charge in [0.15, 0.2) is 0 Å². The van der Waals surface area contributed by atoms with Crippen molar-refractivity contribution in [2.24, 2.45) is 5.92 Å². The van der Waals surface area contributed by atoms with Crippen LogP contribution in [0.4, 0.5) is 0 Å². The van der Waals surface area contributed by atoms with Gasteiger partial charge in [0, 0.05) is 20.2 Å². The van der Waals surface area contributed by atoms with Crippen LogP contribution < -0.4 is 0 Å². The van der Waals surface area contributed by atoms with Crippen molar-refractivity contribution in [3.63, 3.8) is 0 Å². The molecule has 0 N–H and O–H groups in total. The maximum absolute atomic E-state index is 12.0. The number of alkyl halides is 1. The standard InChI is InChI=1S/C12H20BrNO2/c1-9(2)11(13)12(15)14-6-4-10(5-7-14)8-16-3/h4,9,11H,5-8H2,1-3H3. The predicted octanol–water partition coefficient (Wildman–Crippen LogP) is 2.21. The van der Waals surface area contributed by atoms with Gasteiger partial charge in [0.2, 0.25) is 5.91 Å². The molecule has 0 aromatic carbocycles. The van der Waals surface area contributed by atoms with Crippen LogP contribution in [0.3, 0.4) is 0 Å². The van der Waals surface area contributed by atoms with Crippen LogP contribution in [0.2, 0.25) is 0 Å². The van der Waals surface area contributed by atoms with Crippen molar-refractivity contribution >= 4 is 21.8 Å². The van der Waals surface area contributed by atoms with E-state index in [0.29, 0.717) is 19.1 Å². The normalized spacial score (nSPS) is 18.6.